The molecule has 2 unspecified atom stereocenters. The zero-order chi connectivity index (χ0) is 14.2. The van der Waals surface area contributed by atoms with Crippen molar-refractivity contribution in [3.63, 3.8) is 0 Å². The number of amides is 1. The summed E-state index contributed by atoms with van der Waals surface area (Å²) in [5.41, 5.74) is 6.34. The number of hydrogen-bond donors (Lipinski definition) is 1. The number of nitrogens with zero attached hydrogens (tertiary/aromatic N) is 1. The van der Waals surface area contributed by atoms with E-state index in [0.29, 0.717) is 6.42 Å². The Labute approximate surface area is 119 Å². The van der Waals surface area contributed by atoms with E-state index in [1.807, 2.05) is 4.90 Å². The second-order valence-corrected chi connectivity index (χ2v) is 7.47. The second kappa shape index (κ2) is 5.25. The van der Waals surface area contributed by atoms with E-state index in [-0.39, 0.29) is 23.4 Å². The number of rotatable bonds is 3. The van der Waals surface area contributed by atoms with Crippen molar-refractivity contribution in [2.24, 2.45) is 5.73 Å². The van der Waals surface area contributed by atoms with E-state index < -0.39 is 0 Å². The fourth-order valence-corrected chi connectivity index (χ4v) is 3.86. The van der Waals surface area contributed by atoms with Crippen LogP contribution in [0.4, 0.5) is 0 Å². The van der Waals surface area contributed by atoms with Gasteiger partial charge in [0.25, 0.3) is 0 Å². The van der Waals surface area contributed by atoms with Gasteiger partial charge in [0, 0.05) is 28.8 Å². The minimum absolute atomic E-state index is 0.0643. The van der Waals surface area contributed by atoms with E-state index >= 15 is 0 Å². The van der Waals surface area contributed by atoms with Gasteiger partial charge in [-0.05, 0) is 24.0 Å². The maximum absolute atomic E-state index is 12.0. The van der Waals surface area contributed by atoms with Crippen LogP contribution in [-0.2, 0) is 10.2 Å². The van der Waals surface area contributed by atoms with Crippen molar-refractivity contribution in [3.8, 4) is 0 Å². The van der Waals surface area contributed by atoms with Crippen molar-refractivity contribution < 1.29 is 4.79 Å². The molecule has 2 N–H and O–H groups in total. The molecule has 3 nitrogen and oxygen atoms in total. The number of nitrogens with two attached hydrogens (primary N) is 1. The van der Waals surface area contributed by atoms with Crippen LogP contribution in [0, 0.1) is 0 Å². The van der Waals surface area contributed by atoms with E-state index in [9.17, 15) is 4.79 Å². The van der Waals surface area contributed by atoms with Crippen molar-refractivity contribution in [1.29, 1.82) is 0 Å². The van der Waals surface area contributed by atoms with Gasteiger partial charge in [0.2, 0.25) is 5.91 Å². The summed E-state index contributed by atoms with van der Waals surface area (Å²) in [5, 5.41) is 0. The molecule has 1 aliphatic rings. The summed E-state index contributed by atoms with van der Waals surface area (Å²) in [6.45, 7) is 9.55. The molecule has 1 aromatic heterocycles. The monoisotopic (exact) mass is 280 g/mol. The van der Waals surface area contributed by atoms with Crippen LogP contribution in [0.3, 0.4) is 0 Å². The molecule has 1 saturated heterocycles. The number of carbonyl (C=O) groups excluding carboxylic acids is 1. The second-order valence-electron chi connectivity index (χ2n) is 6.35. The van der Waals surface area contributed by atoms with E-state index in [1.54, 1.807) is 11.3 Å². The average Bonchev–Trinajstić information content (AvgIpc) is 2.85. The molecule has 106 valence electrons. The van der Waals surface area contributed by atoms with Crippen LogP contribution in [0.1, 0.15) is 56.3 Å². The molecule has 1 aromatic rings. The van der Waals surface area contributed by atoms with Crippen molar-refractivity contribution in [2.75, 3.05) is 6.54 Å². The minimum atomic E-state index is -0.0643. The summed E-state index contributed by atoms with van der Waals surface area (Å²) < 4.78 is 0. The van der Waals surface area contributed by atoms with Crippen molar-refractivity contribution in [3.05, 3.63) is 21.9 Å². The lowest BCUT2D eigenvalue weighted by atomic mass is 9.95. The first kappa shape index (κ1) is 14.5. The van der Waals surface area contributed by atoms with Crippen molar-refractivity contribution in [1.82, 2.24) is 4.90 Å². The van der Waals surface area contributed by atoms with Gasteiger partial charge in [-0.3, -0.25) is 4.79 Å². The molecule has 1 fully saturated rings. The Kier molecular flexibility index (Phi) is 4.02. The highest BCUT2D eigenvalue weighted by molar-refractivity contribution is 7.12. The molecule has 2 atom stereocenters. The molecular formula is C15H24N2OS. The first-order valence-electron chi connectivity index (χ1n) is 7.00. The maximum atomic E-state index is 12.0. The van der Waals surface area contributed by atoms with E-state index in [4.69, 9.17) is 5.73 Å². The maximum Gasteiger partial charge on any atom is 0.224 e. The normalized spacial score (nSPS) is 24.3. The standard InChI is InChI=1S/C15H24N2OS/c1-5-8-17-13(18)9-10(16)14(17)11-6-7-12(19-11)15(2,3)4/h6-7,10,14H,5,8-9,16H2,1-4H3. The lowest BCUT2D eigenvalue weighted by Gasteiger charge is -2.25. The Morgan fingerprint density at radius 2 is 2.11 bits per heavy atom. The molecule has 0 radical (unpaired) electrons. The molecule has 19 heavy (non-hydrogen) atoms. The highest BCUT2D eigenvalue weighted by Crippen LogP contribution is 2.39. The molecule has 0 aromatic carbocycles. The zero-order valence-corrected chi connectivity index (χ0v) is 13.1. The molecular weight excluding hydrogens is 256 g/mol. The predicted molar refractivity (Wildman–Crippen MR) is 80.4 cm³/mol. The summed E-state index contributed by atoms with van der Waals surface area (Å²) in [6.07, 6.45) is 1.46. The van der Waals surface area contributed by atoms with Crippen LogP contribution in [0.2, 0.25) is 0 Å². The van der Waals surface area contributed by atoms with Crippen molar-refractivity contribution in [2.45, 2.75) is 58.0 Å². The number of carbonyl (C=O) groups is 1. The summed E-state index contributed by atoms with van der Waals surface area (Å²) in [6, 6.07) is 4.34. The fraction of sp³-hybridized carbons (Fsp3) is 0.667. The highest BCUT2D eigenvalue weighted by atomic mass is 32.1. The van der Waals surface area contributed by atoms with E-state index in [1.165, 1.54) is 9.75 Å². The number of hydrogen-bond acceptors (Lipinski definition) is 3. The Morgan fingerprint density at radius 1 is 1.42 bits per heavy atom. The van der Waals surface area contributed by atoms with Crippen LogP contribution < -0.4 is 5.73 Å². The summed E-state index contributed by atoms with van der Waals surface area (Å²) in [4.78, 5) is 16.6. The van der Waals surface area contributed by atoms with Gasteiger partial charge < -0.3 is 10.6 Å². The third kappa shape index (κ3) is 2.84. The predicted octanol–water partition coefficient (Wildman–Crippen LogP) is 3.06. The fourth-order valence-electron chi connectivity index (χ4n) is 2.60. The Hall–Kier alpha value is -0.870. The van der Waals surface area contributed by atoms with Crippen LogP contribution in [0.5, 0.6) is 0 Å². The third-order valence-corrected chi connectivity index (χ3v) is 5.18. The van der Waals surface area contributed by atoms with Gasteiger partial charge in [-0.25, -0.2) is 0 Å². The number of thiophene rings is 1. The molecule has 2 rings (SSSR count). The molecule has 2 heterocycles. The quantitative estimate of drug-likeness (QED) is 0.925. The molecule has 1 amide bonds. The van der Waals surface area contributed by atoms with Crippen molar-refractivity contribution >= 4 is 17.2 Å². The smallest absolute Gasteiger partial charge is 0.224 e. The van der Waals surface area contributed by atoms with Crippen LogP contribution in [0.25, 0.3) is 0 Å². The molecule has 1 aliphatic heterocycles. The molecule has 0 spiro atoms. The molecule has 0 bridgehead atoms. The molecule has 0 aliphatic carbocycles. The zero-order valence-electron chi connectivity index (χ0n) is 12.3. The van der Waals surface area contributed by atoms with Gasteiger partial charge in [0.05, 0.1) is 6.04 Å². The average molecular weight is 280 g/mol. The van der Waals surface area contributed by atoms with Gasteiger partial charge in [0.15, 0.2) is 0 Å². The van der Waals surface area contributed by atoms with Crippen LogP contribution in [-0.4, -0.2) is 23.4 Å². The topological polar surface area (TPSA) is 46.3 Å². The lowest BCUT2D eigenvalue weighted by Crippen LogP contribution is -2.33. The Bertz CT molecular complexity index is 461. The summed E-state index contributed by atoms with van der Waals surface area (Å²) in [5.74, 6) is 0.199. The van der Waals surface area contributed by atoms with Gasteiger partial charge in [-0.15, -0.1) is 11.3 Å². The summed E-state index contributed by atoms with van der Waals surface area (Å²) >= 11 is 1.80. The number of likely N-dealkylation sites (tertiary alicyclic amines) is 1. The van der Waals surface area contributed by atoms with E-state index in [2.05, 4.69) is 39.8 Å². The minimum Gasteiger partial charge on any atom is -0.333 e. The van der Waals surface area contributed by atoms with Crippen LogP contribution >= 0.6 is 11.3 Å². The Balaban J connectivity index is 2.28. The lowest BCUT2D eigenvalue weighted by molar-refractivity contribution is -0.129. The summed E-state index contributed by atoms with van der Waals surface area (Å²) in [7, 11) is 0. The largest absolute Gasteiger partial charge is 0.333 e. The molecule has 4 heteroatoms. The first-order valence-corrected chi connectivity index (χ1v) is 7.81. The third-order valence-electron chi connectivity index (χ3n) is 3.59. The van der Waals surface area contributed by atoms with Gasteiger partial charge in [-0.1, -0.05) is 27.7 Å². The van der Waals surface area contributed by atoms with Gasteiger partial charge in [-0.2, -0.15) is 0 Å². The molecule has 0 saturated carbocycles. The first-order chi connectivity index (χ1) is 8.84. The van der Waals surface area contributed by atoms with Gasteiger partial charge in [0.1, 0.15) is 0 Å². The van der Waals surface area contributed by atoms with Crippen LogP contribution in [0.15, 0.2) is 12.1 Å². The Morgan fingerprint density at radius 3 is 2.63 bits per heavy atom. The highest BCUT2D eigenvalue weighted by Gasteiger charge is 2.39. The SMILES string of the molecule is CCCN1C(=O)CC(N)C1c1ccc(C(C)(C)C)s1. The van der Waals surface area contributed by atoms with Gasteiger partial charge >= 0.3 is 0 Å². The van der Waals surface area contributed by atoms with E-state index in [0.717, 1.165) is 13.0 Å².